The number of aromatic nitrogens is 3. The van der Waals surface area contributed by atoms with Gasteiger partial charge >= 0.3 is 0 Å². The van der Waals surface area contributed by atoms with E-state index in [-0.39, 0.29) is 12.5 Å². The highest BCUT2D eigenvalue weighted by Crippen LogP contribution is 2.30. The van der Waals surface area contributed by atoms with Crippen molar-refractivity contribution in [1.29, 1.82) is 0 Å². The second-order valence-corrected chi connectivity index (χ2v) is 3.92. The predicted octanol–water partition coefficient (Wildman–Crippen LogP) is 1.55. The average Bonchev–Trinajstić information content (AvgIpc) is 2.64. The number of amides is 1. The fourth-order valence-corrected chi connectivity index (χ4v) is 1.90. The van der Waals surface area contributed by atoms with Gasteiger partial charge in [0.1, 0.15) is 12.9 Å². The molecule has 2 aromatic rings. The number of carbonyl (C=O) groups is 1. The molecule has 0 radical (unpaired) electrons. The lowest BCUT2D eigenvalue weighted by molar-refractivity contribution is -0.116. The van der Waals surface area contributed by atoms with E-state index in [1.807, 2.05) is 0 Å². The van der Waals surface area contributed by atoms with E-state index in [0.717, 1.165) is 5.56 Å². The van der Waals surface area contributed by atoms with E-state index in [0.29, 0.717) is 16.5 Å². The zero-order valence-electron chi connectivity index (χ0n) is 8.14. The Bertz CT molecular complexity index is 578. The van der Waals surface area contributed by atoms with Gasteiger partial charge in [-0.3, -0.25) is 4.79 Å². The van der Waals surface area contributed by atoms with Gasteiger partial charge in [-0.25, -0.2) is 9.67 Å². The molecule has 0 aliphatic carbocycles. The molecule has 5 nitrogen and oxygen atoms in total. The summed E-state index contributed by atoms with van der Waals surface area (Å²) in [5, 5.41) is 7.38. The number of hydrogen-bond donors (Lipinski definition) is 1. The zero-order valence-corrected chi connectivity index (χ0v) is 8.90. The highest BCUT2D eigenvalue weighted by Gasteiger charge is 2.19. The molecule has 0 saturated carbocycles. The van der Waals surface area contributed by atoms with Crippen LogP contribution in [0, 0.1) is 0 Å². The van der Waals surface area contributed by atoms with Gasteiger partial charge in [0, 0.05) is 10.6 Å². The largest absolute Gasteiger partial charge is 0.324 e. The van der Waals surface area contributed by atoms with Gasteiger partial charge in [-0.15, -0.1) is 0 Å². The topological polar surface area (TPSA) is 59.8 Å². The lowest BCUT2D eigenvalue weighted by Crippen LogP contribution is -2.17. The molecule has 0 spiro atoms. The second kappa shape index (κ2) is 3.31. The van der Waals surface area contributed by atoms with E-state index < -0.39 is 0 Å². The van der Waals surface area contributed by atoms with E-state index in [1.165, 1.54) is 6.33 Å². The molecule has 2 heterocycles. The van der Waals surface area contributed by atoms with Gasteiger partial charge in [0.25, 0.3) is 0 Å². The van der Waals surface area contributed by atoms with Crippen molar-refractivity contribution in [3.8, 4) is 11.4 Å². The Balaban J connectivity index is 2.29. The van der Waals surface area contributed by atoms with E-state index in [2.05, 4.69) is 15.4 Å². The maximum absolute atomic E-state index is 11.6. The summed E-state index contributed by atoms with van der Waals surface area (Å²) < 4.78 is 1.55. The molecule has 1 amide bonds. The van der Waals surface area contributed by atoms with Crippen LogP contribution in [0.15, 0.2) is 24.5 Å². The number of carbonyl (C=O) groups excluding carboxylic acids is 1. The van der Waals surface area contributed by atoms with Gasteiger partial charge in [0.2, 0.25) is 5.91 Å². The molecule has 1 aliphatic rings. The minimum absolute atomic E-state index is 0.118. The summed E-state index contributed by atoms with van der Waals surface area (Å²) in [6.45, 7) is 0.168. The first-order valence-electron chi connectivity index (χ1n) is 4.71. The van der Waals surface area contributed by atoms with Crippen LogP contribution in [-0.4, -0.2) is 20.7 Å². The van der Waals surface area contributed by atoms with E-state index in [9.17, 15) is 4.79 Å². The molecule has 1 N–H and O–H groups in total. The quantitative estimate of drug-likeness (QED) is 0.752. The molecule has 1 aliphatic heterocycles. The molecular weight excluding hydrogens is 228 g/mol. The number of benzene rings is 1. The Morgan fingerprint density at radius 1 is 1.44 bits per heavy atom. The van der Waals surface area contributed by atoms with Crippen molar-refractivity contribution in [2.24, 2.45) is 0 Å². The Hall–Kier alpha value is -1.88. The maximum atomic E-state index is 11.6. The van der Waals surface area contributed by atoms with Crippen LogP contribution in [0.2, 0.25) is 5.02 Å². The molecule has 16 heavy (non-hydrogen) atoms. The van der Waals surface area contributed by atoms with Gasteiger partial charge in [-0.2, -0.15) is 5.10 Å². The SMILES string of the molecule is O=C1Cn2ncnc2-c2cc(Cl)ccc2N1. The van der Waals surface area contributed by atoms with Gasteiger partial charge in [0.15, 0.2) is 5.82 Å². The summed E-state index contributed by atoms with van der Waals surface area (Å²) in [7, 11) is 0. The minimum atomic E-state index is -0.118. The highest BCUT2D eigenvalue weighted by atomic mass is 35.5. The Labute approximate surface area is 96.1 Å². The van der Waals surface area contributed by atoms with Gasteiger partial charge in [-0.05, 0) is 18.2 Å². The molecule has 0 atom stereocenters. The highest BCUT2D eigenvalue weighted by molar-refractivity contribution is 6.31. The summed E-state index contributed by atoms with van der Waals surface area (Å²) in [6, 6.07) is 5.26. The third kappa shape index (κ3) is 1.37. The van der Waals surface area contributed by atoms with Crippen LogP contribution in [0.1, 0.15) is 0 Å². The molecule has 0 fully saturated rings. The van der Waals surface area contributed by atoms with Crippen molar-refractivity contribution < 1.29 is 4.79 Å². The second-order valence-electron chi connectivity index (χ2n) is 3.48. The first kappa shape index (κ1) is 9.35. The lowest BCUT2D eigenvalue weighted by Gasteiger charge is -2.05. The van der Waals surface area contributed by atoms with Crippen LogP contribution in [0.4, 0.5) is 5.69 Å². The Morgan fingerprint density at radius 2 is 2.31 bits per heavy atom. The minimum Gasteiger partial charge on any atom is -0.324 e. The van der Waals surface area contributed by atoms with Crippen molar-refractivity contribution in [2.75, 3.05) is 5.32 Å². The van der Waals surface area contributed by atoms with Gasteiger partial charge < -0.3 is 5.32 Å². The van der Waals surface area contributed by atoms with Gasteiger partial charge in [-0.1, -0.05) is 11.6 Å². The normalized spacial score (nSPS) is 13.7. The summed E-state index contributed by atoms with van der Waals surface area (Å²) in [4.78, 5) is 15.7. The number of hydrogen-bond acceptors (Lipinski definition) is 3. The first-order valence-corrected chi connectivity index (χ1v) is 5.09. The molecule has 0 unspecified atom stereocenters. The molecule has 1 aromatic heterocycles. The fourth-order valence-electron chi connectivity index (χ4n) is 1.72. The van der Waals surface area contributed by atoms with Crippen LogP contribution in [-0.2, 0) is 11.3 Å². The van der Waals surface area contributed by atoms with Crippen molar-refractivity contribution >= 4 is 23.2 Å². The summed E-state index contributed by atoms with van der Waals surface area (Å²) >= 11 is 5.93. The van der Waals surface area contributed by atoms with Crippen molar-refractivity contribution in [3.05, 3.63) is 29.5 Å². The van der Waals surface area contributed by atoms with Crippen molar-refractivity contribution in [3.63, 3.8) is 0 Å². The van der Waals surface area contributed by atoms with Crippen LogP contribution >= 0.6 is 11.6 Å². The number of nitrogens with one attached hydrogen (secondary N) is 1. The fraction of sp³-hybridized carbons (Fsp3) is 0.100. The molecule has 6 heteroatoms. The van der Waals surface area contributed by atoms with Crippen LogP contribution in [0.25, 0.3) is 11.4 Å². The monoisotopic (exact) mass is 234 g/mol. The number of fused-ring (bicyclic) bond motifs is 3. The van der Waals surface area contributed by atoms with E-state index in [4.69, 9.17) is 11.6 Å². The van der Waals surface area contributed by atoms with Crippen LogP contribution in [0.3, 0.4) is 0 Å². The summed E-state index contributed by atoms with van der Waals surface area (Å²) in [6.07, 6.45) is 1.43. The zero-order chi connectivity index (χ0) is 11.1. The predicted molar refractivity (Wildman–Crippen MR) is 59.1 cm³/mol. The average molecular weight is 235 g/mol. The molecule has 0 bridgehead atoms. The molecule has 1 aromatic carbocycles. The number of nitrogens with zero attached hydrogens (tertiary/aromatic N) is 3. The standard InChI is InChI=1S/C10H7ClN4O/c11-6-1-2-8-7(3-6)10-12-5-13-15(10)4-9(16)14-8/h1-3,5H,4H2,(H,14,16). The summed E-state index contributed by atoms with van der Waals surface area (Å²) in [5.74, 6) is 0.531. The van der Waals surface area contributed by atoms with Crippen LogP contribution in [0.5, 0.6) is 0 Å². The van der Waals surface area contributed by atoms with Crippen molar-refractivity contribution in [1.82, 2.24) is 14.8 Å². The molecule has 3 rings (SSSR count). The smallest absolute Gasteiger partial charge is 0.246 e. The van der Waals surface area contributed by atoms with E-state index in [1.54, 1.807) is 22.9 Å². The van der Waals surface area contributed by atoms with Gasteiger partial charge in [0.05, 0.1) is 5.69 Å². The number of rotatable bonds is 0. The van der Waals surface area contributed by atoms with Crippen molar-refractivity contribution in [2.45, 2.75) is 6.54 Å². The third-order valence-electron chi connectivity index (χ3n) is 2.41. The maximum Gasteiger partial charge on any atom is 0.246 e. The Kier molecular flexibility index (Phi) is 1.94. The third-order valence-corrected chi connectivity index (χ3v) is 2.64. The lowest BCUT2D eigenvalue weighted by atomic mass is 10.1. The summed E-state index contributed by atoms with van der Waals surface area (Å²) in [5.41, 5.74) is 1.50. The Morgan fingerprint density at radius 3 is 3.19 bits per heavy atom. The first-order chi connectivity index (χ1) is 7.74. The number of anilines is 1. The number of halogens is 1. The molecular formula is C10H7ClN4O. The van der Waals surface area contributed by atoms with E-state index >= 15 is 0 Å². The molecule has 0 saturated heterocycles. The molecule has 80 valence electrons. The van der Waals surface area contributed by atoms with Crippen LogP contribution < -0.4 is 5.32 Å².